The number of amides is 1. The van der Waals surface area contributed by atoms with Gasteiger partial charge in [-0.05, 0) is 43.2 Å². The fourth-order valence-electron chi connectivity index (χ4n) is 4.12. The number of benzene rings is 2. The normalized spacial score (nSPS) is 15.9. The summed E-state index contributed by atoms with van der Waals surface area (Å²) >= 11 is 0. The smallest absolute Gasteiger partial charge is 0.237 e. The van der Waals surface area contributed by atoms with Crippen LogP contribution in [0.25, 0.3) is 11.0 Å². The highest BCUT2D eigenvalue weighted by Crippen LogP contribution is 2.27. The second-order valence-corrected chi connectivity index (χ2v) is 8.04. The van der Waals surface area contributed by atoms with Gasteiger partial charge in [0.15, 0.2) is 11.5 Å². The minimum Gasteiger partial charge on any atom is -0.493 e. The number of hydrogen-bond acceptors (Lipinski definition) is 6. The van der Waals surface area contributed by atoms with Gasteiger partial charge in [-0.2, -0.15) is 0 Å². The molecule has 0 spiro atoms. The van der Waals surface area contributed by atoms with E-state index in [1.165, 1.54) is 0 Å². The summed E-state index contributed by atoms with van der Waals surface area (Å²) in [6.45, 7) is 5.84. The van der Waals surface area contributed by atoms with Crippen molar-refractivity contribution in [2.45, 2.75) is 25.9 Å². The topological polar surface area (TPSA) is 82.7 Å². The summed E-state index contributed by atoms with van der Waals surface area (Å²) in [7, 11) is 3.22. The molecule has 2 heterocycles. The molecule has 32 heavy (non-hydrogen) atoms. The average Bonchev–Trinajstić information content (AvgIpc) is 3.11. The zero-order chi connectivity index (χ0) is 22.5. The molecule has 0 bridgehead atoms. The second kappa shape index (κ2) is 9.91. The maximum atomic E-state index is 12.8. The Bertz CT molecular complexity index is 1030. The number of methoxy groups -OCH3 is 2. The van der Waals surface area contributed by atoms with Gasteiger partial charge in [0.25, 0.3) is 0 Å². The van der Waals surface area contributed by atoms with Crippen LogP contribution < -0.4 is 19.7 Å². The van der Waals surface area contributed by atoms with E-state index in [0.717, 1.165) is 55.1 Å². The molecular weight excluding hydrogens is 406 g/mol. The molecule has 1 aliphatic rings. The van der Waals surface area contributed by atoms with Crippen LogP contribution >= 0.6 is 0 Å². The number of aromatic nitrogens is 2. The molecule has 0 aliphatic carbocycles. The molecule has 1 unspecified atom stereocenters. The van der Waals surface area contributed by atoms with Gasteiger partial charge in [-0.25, -0.2) is 4.98 Å². The predicted molar refractivity (Wildman–Crippen MR) is 125 cm³/mol. The van der Waals surface area contributed by atoms with Gasteiger partial charge in [-0.15, -0.1) is 0 Å². The molecule has 4 rings (SSSR count). The second-order valence-electron chi connectivity index (χ2n) is 8.04. The Balaban J connectivity index is 1.33. The van der Waals surface area contributed by atoms with Crippen molar-refractivity contribution in [2.75, 3.05) is 45.3 Å². The number of fused-ring (bicyclic) bond motifs is 1. The van der Waals surface area contributed by atoms with Crippen LogP contribution in [-0.2, 0) is 11.3 Å². The van der Waals surface area contributed by atoms with E-state index in [4.69, 9.17) is 14.5 Å². The maximum absolute atomic E-state index is 12.8. The fraction of sp³-hybridized carbons (Fsp3) is 0.417. The van der Waals surface area contributed by atoms with E-state index in [-0.39, 0.29) is 11.9 Å². The van der Waals surface area contributed by atoms with Gasteiger partial charge in [0.05, 0.1) is 31.3 Å². The molecule has 170 valence electrons. The van der Waals surface area contributed by atoms with E-state index in [2.05, 4.69) is 20.1 Å². The van der Waals surface area contributed by atoms with E-state index in [1.807, 2.05) is 49.4 Å². The van der Waals surface area contributed by atoms with E-state index < -0.39 is 0 Å². The van der Waals surface area contributed by atoms with Gasteiger partial charge in [0.2, 0.25) is 11.9 Å². The van der Waals surface area contributed by atoms with Crippen molar-refractivity contribution in [3.63, 3.8) is 0 Å². The Morgan fingerprint density at radius 2 is 1.91 bits per heavy atom. The van der Waals surface area contributed by atoms with Crippen LogP contribution in [-0.4, -0.2) is 67.2 Å². The highest BCUT2D eigenvalue weighted by atomic mass is 16.5. The van der Waals surface area contributed by atoms with Crippen LogP contribution in [0.4, 0.5) is 5.95 Å². The Morgan fingerprint density at radius 1 is 1.09 bits per heavy atom. The molecular formula is C24H31N5O3. The van der Waals surface area contributed by atoms with Crippen molar-refractivity contribution in [1.29, 1.82) is 0 Å². The Morgan fingerprint density at radius 3 is 2.69 bits per heavy atom. The molecule has 8 nitrogen and oxygen atoms in total. The van der Waals surface area contributed by atoms with Crippen molar-refractivity contribution in [3.8, 4) is 11.5 Å². The number of carbonyl (C=O) groups excluding carboxylic acids is 1. The molecule has 0 saturated carbocycles. The molecule has 2 N–H and O–H groups in total. The minimum absolute atomic E-state index is 0.0250. The minimum atomic E-state index is -0.203. The number of ether oxygens (including phenoxy) is 2. The molecule has 2 aromatic carbocycles. The first-order chi connectivity index (χ1) is 15.6. The van der Waals surface area contributed by atoms with Gasteiger partial charge in [0, 0.05) is 32.7 Å². The molecule has 3 aromatic rings. The van der Waals surface area contributed by atoms with E-state index in [1.54, 1.807) is 14.2 Å². The first kappa shape index (κ1) is 22.0. The number of H-pyrrole nitrogens is 1. The van der Waals surface area contributed by atoms with Gasteiger partial charge in [-0.1, -0.05) is 18.2 Å². The highest BCUT2D eigenvalue weighted by Gasteiger charge is 2.25. The first-order valence-electron chi connectivity index (χ1n) is 11.0. The Hall–Kier alpha value is -3.26. The van der Waals surface area contributed by atoms with Crippen molar-refractivity contribution in [1.82, 2.24) is 20.2 Å². The number of hydrogen-bond donors (Lipinski definition) is 2. The molecule has 1 aromatic heterocycles. The van der Waals surface area contributed by atoms with Gasteiger partial charge in [-0.3, -0.25) is 9.69 Å². The average molecular weight is 438 g/mol. The van der Waals surface area contributed by atoms with Gasteiger partial charge in [0.1, 0.15) is 0 Å². The lowest BCUT2D eigenvalue weighted by Crippen LogP contribution is -2.46. The largest absolute Gasteiger partial charge is 0.493 e. The number of imidazole rings is 1. The van der Waals surface area contributed by atoms with E-state index in [0.29, 0.717) is 18.0 Å². The van der Waals surface area contributed by atoms with Crippen LogP contribution in [0.3, 0.4) is 0 Å². The standard InChI is InChI=1S/C24H31N5O3/c1-17(23(30)25-16-18-9-10-21(31-2)22(15-18)32-3)28-11-6-12-29(14-13-28)24-26-19-7-4-5-8-20(19)27-24/h4-5,7-10,15,17H,6,11-14,16H2,1-3H3,(H,25,30)(H,26,27). The van der Waals surface area contributed by atoms with Crippen molar-refractivity contribution in [2.24, 2.45) is 0 Å². The lowest BCUT2D eigenvalue weighted by Gasteiger charge is -2.27. The number of rotatable bonds is 7. The third-order valence-corrected chi connectivity index (χ3v) is 6.05. The number of aromatic amines is 1. The van der Waals surface area contributed by atoms with Crippen LogP contribution in [0.1, 0.15) is 18.9 Å². The molecule has 8 heteroatoms. The number of carbonyl (C=O) groups is 1. The number of anilines is 1. The molecule has 1 fully saturated rings. The zero-order valence-corrected chi connectivity index (χ0v) is 18.9. The summed E-state index contributed by atoms with van der Waals surface area (Å²) in [5.41, 5.74) is 2.99. The first-order valence-corrected chi connectivity index (χ1v) is 11.0. The Labute approximate surface area is 188 Å². The molecule has 1 saturated heterocycles. The molecule has 1 aliphatic heterocycles. The lowest BCUT2D eigenvalue weighted by atomic mass is 10.2. The monoisotopic (exact) mass is 437 g/mol. The van der Waals surface area contributed by atoms with Crippen molar-refractivity contribution < 1.29 is 14.3 Å². The predicted octanol–water partition coefficient (Wildman–Crippen LogP) is 2.80. The molecule has 0 radical (unpaired) electrons. The summed E-state index contributed by atoms with van der Waals surface area (Å²) in [6.07, 6.45) is 0.977. The molecule has 1 atom stereocenters. The summed E-state index contributed by atoms with van der Waals surface area (Å²) in [5.74, 6) is 2.26. The highest BCUT2D eigenvalue weighted by molar-refractivity contribution is 5.81. The maximum Gasteiger partial charge on any atom is 0.237 e. The zero-order valence-electron chi connectivity index (χ0n) is 18.9. The molecule has 1 amide bonds. The lowest BCUT2D eigenvalue weighted by molar-refractivity contribution is -0.126. The summed E-state index contributed by atoms with van der Waals surface area (Å²) in [4.78, 5) is 25.5. The van der Waals surface area contributed by atoms with Gasteiger partial charge >= 0.3 is 0 Å². The number of nitrogens with one attached hydrogen (secondary N) is 2. The number of para-hydroxylation sites is 2. The Kier molecular flexibility index (Phi) is 6.80. The van der Waals surface area contributed by atoms with Crippen molar-refractivity contribution >= 4 is 22.9 Å². The third kappa shape index (κ3) is 4.80. The summed E-state index contributed by atoms with van der Waals surface area (Å²) in [6, 6.07) is 13.5. The summed E-state index contributed by atoms with van der Waals surface area (Å²) in [5, 5.41) is 3.06. The van der Waals surface area contributed by atoms with Crippen LogP contribution in [0.2, 0.25) is 0 Å². The third-order valence-electron chi connectivity index (χ3n) is 6.05. The van der Waals surface area contributed by atoms with Gasteiger partial charge < -0.3 is 24.7 Å². The van der Waals surface area contributed by atoms with Crippen LogP contribution in [0, 0.1) is 0 Å². The SMILES string of the molecule is COc1ccc(CNC(=O)C(C)N2CCCN(c3nc4ccccc4[nH]3)CC2)cc1OC. The van der Waals surface area contributed by atoms with E-state index >= 15 is 0 Å². The van der Waals surface area contributed by atoms with Crippen LogP contribution in [0.5, 0.6) is 11.5 Å². The summed E-state index contributed by atoms with van der Waals surface area (Å²) < 4.78 is 10.6. The van der Waals surface area contributed by atoms with E-state index in [9.17, 15) is 4.79 Å². The quantitative estimate of drug-likeness (QED) is 0.592. The van der Waals surface area contributed by atoms with Crippen LogP contribution in [0.15, 0.2) is 42.5 Å². The fourth-order valence-corrected chi connectivity index (χ4v) is 4.12. The number of nitrogens with zero attached hydrogens (tertiary/aromatic N) is 3. The van der Waals surface area contributed by atoms with Crippen molar-refractivity contribution in [3.05, 3.63) is 48.0 Å².